The highest BCUT2D eigenvalue weighted by Gasteiger charge is 2.18. The number of primary amides is 1. The number of ether oxygens (including phenoxy) is 1. The molecule has 6 heteroatoms. The van der Waals surface area contributed by atoms with Crippen LogP contribution in [-0.4, -0.2) is 12.5 Å². The molecule has 0 aliphatic carbocycles. The van der Waals surface area contributed by atoms with E-state index >= 15 is 0 Å². The van der Waals surface area contributed by atoms with E-state index in [1.807, 2.05) is 0 Å². The van der Waals surface area contributed by atoms with E-state index in [-0.39, 0.29) is 5.75 Å². The lowest BCUT2D eigenvalue weighted by Gasteiger charge is -2.06. The summed E-state index contributed by atoms with van der Waals surface area (Å²) in [5.41, 5.74) is 3.90. The molecule has 1 aromatic carbocycles. The standard InChI is InChI=1S/C9H6F2N2O2/c10-5-1-2-6(15-4-3-12)8(11)7(5)9(13)14/h1-2H,4H2,(H2,13,14). The number of nitrogens with two attached hydrogens (primary N) is 1. The Morgan fingerprint density at radius 2 is 2.20 bits per heavy atom. The van der Waals surface area contributed by atoms with E-state index in [9.17, 15) is 13.6 Å². The fourth-order valence-corrected chi connectivity index (χ4v) is 0.981. The first-order valence-corrected chi connectivity index (χ1v) is 3.85. The summed E-state index contributed by atoms with van der Waals surface area (Å²) >= 11 is 0. The molecule has 1 amide bonds. The molecular formula is C9H6F2N2O2. The van der Waals surface area contributed by atoms with E-state index < -0.39 is 29.7 Å². The van der Waals surface area contributed by atoms with Gasteiger partial charge in [0.15, 0.2) is 18.2 Å². The average Bonchev–Trinajstić information content (AvgIpc) is 2.16. The quantitative estimate of drug-likeness (QED) is 0.810. The lowest BCUT2D eigenvalue weighted by atomic mass is 10.2. The Kier molecular flexibility index (Phi) is 3.18. The van der Waals surface area contributed by atoms with Gasteiger partial charge in [0, 0.05) is 0 Å². The van der Waals surface area contributed by atoms with Crippen LogP contribution in [0.4, 0.5) is 8.78 Å². The van der Waals surface area contributed by atoms with Gasteiger partial charge < -0.3 is 10.5 Å². The molecule has 0 spiro atoms. The summed E-state index contributed by atoms with van der Waals surface area (Å²) in [7, 11) is 0. The van der Waals surface area contributed by atoms with Gasteiger partial charge in [-0.1, -0.05) is 0 Å². The number of nitrogens with zero attached hydrogens (tertiary/aromatic N) is 1. The zero-order chi connectivity index (χ0) is 11.4. The Labute approximate surface area is 83.9 Å². The van der Waals surface area contributed by atoms with Crippen molar-refractivity contribution >= 4 is 5.91 Å². The van der Waals surface area contributed by atoms with Crippen molar-refractivity contribution in [3.8, 4) is 11.8 Å². The summed E-state index contributed by atoms with van der Waals surface area (Å²) < 4.78 is 30.9. The van der Waals surface area contributed by atoms with E-state index in [0.29, 0.717) is 0 Å². The van der Waals surface area contributed by atoms with E-state index in [1.165, 1.54) is 0 Å². The Balaban J connectivity index is 3.17. The Morgan fingerprint density at radius 1 is 1.53 bits per heavy atom. The van der Waals surface area contributed by atoms with E-state index in [4.69, 9.17) is 11.0 Å². The number of benzene rings is 1. The Hall–Kier alpha value is -2.16. The van der Waals surface area contributed by atoms with Crippen molar-refractivity contribution < 1.29 is 18.3 Å². The predicted octanol–water partition coefficient (Wildman–Crippen LogP) is 0.966. The first-order chi connectivity index (χ1) is 7.07. The van der Waals surface area contributed by atoms with Gasteiger partial charge in [0.05, 0.1) is 0 Å². The topological polar surface area (TPSA) is 76.1 Å². The van der Waals surface area contributed by atoms with Crippen LogP contribution >= 0.6 is 0 Å². The van der Waals surface area contributed by atoms with Gasteiger partial charge in [-0.05, 0) is 12.1 Å². The highest BCUT2D eigenvalue weighted by atomic mass is 19.1. The maximum Gasteiger partial charge on any atom is 0.254 e. The number of nitriles is 1. The highest BCUT2D eigenvalue weighted by molar-refractivity contribution is 5.93. The van der Waals surface area contributed by atoms with Crippen LogP contribution in [0.25, 0.3) is 0 Å². The smallest absolute Gasteiger partial charge is 0.254 e. The molecule has 1 rings (SSSR count). The zero-order valence-electron chi connectivity index (χ0n) is 7.46. The minimum absolute atomic E-state index is 0.383. The third-order valence-electron chi connectivity index (χ3n) is 1.59. The average molecular weight is 212 g/mol. The molecule has 0 aliphatic rings. The van der Waals surface area contributed by atoms with Crippen molar-refractivity contribution in [2.45, 2.75) is 0 Å². The first kappa shape index (κ1) is 10.9. The SMILES string of the molecule is N#CCOc1ccc(F)c(C(N)=O)c1F. The summed E-state index contributed by atoms with van der Waals surface area (Å²) in [6.45, 7) is -0.402. The number of carbonyl (C=O) groups excluding carboxylic acids is 1. The van der Waals surface area contributed by atoms with E-state index in [1.54, 1.807) is 6.07 Å². The second-order valence-corrected chi connectivity index (χ2v) is 2.55. The Bertz CT molecular complexity index is 440. The molecule has 0 saturated carbocycles. The number of carbonyl (C=O) groups is 1. The number of halogens is 2. The van der Waals surface area contributed by atoms with Crippen LogP contribution < -0.4 is 10.5 Å². The van der Waals surface area contributed by atoms with Crippen molar-refractivity contribution in [3.63, 3.8) is 0 Å². The summed E-state index contributed by atoms with van der Waals surface area (Å²) in [5.74, 6) is -3.87. The molecule has 1 aromatic rings. The van der Waals surface area contributed by atoms with Gasteiger partial charge in [0.1, 0.15) is 17.4 Å². The van der Waals surface area contributed by atoms with Crippen molar-refractivity contribution in [1.82, 2.24) is 0 Å². The van der Waals surface area contributed by atoms with E-state index in [2.05, 4.69) is 4.74 Å². The van der Waals surface area contributed by atoms with Gasteiger partial charge in [0.2, 0.25) is 0 Å². The molecule has 0 unspecified atom stereocenters. The van der Waals surface area contributed by atoms with Crippen LogP contribution in [0.15, 0.2) is 12.1 Å². The van der Waals surface area contributed by atoms with Crippen LogP contribution in [0.3, 0.4) is 0 Å². The summed E-state index contributed by atoms with van der Waals surface area (Å²) in [6, 6.07) is 3.43. The van der Waals surface area contributed by atoms with Crippen LogP contribution in [0, 0.1) is 23.0 Å². The van der Waals surface area contributed by atoms with Crippen molar-refractivity contribution in [1.29, 1.82) is 5.26 Å². The molecule has 0 aliphatic heterocycles. The van der Waals surface area contributed by atoms with Crippen molar-refractivity contribution in [2.24, 2.45) is 5.73 Å². The fourth-order valence-electron chi connectivity index (χ4n) is 0.981. The molecule has 0 atom stereocenters. The van der Waals surface area contributed by atoms with Gasteiger partial charge in [-0.2, -0.15) is 5.26 Å². The minimum atomic E-state index is -1.23. The molecule has 0 aromatic heterocycles. The number of rotatable bonds is 3. The lowest BCUT2D eigenvalue weighted by Crippen LogP contribution is -2.16. The first-order valence-electron chi connectivity index (χ1n) is 3.85. The number of hydrogen-bond acceptors (Lipinski definition) is 3. The zero-order valence-corrected chi connectivity index (χ0v) is 7.46. The van der Waals surface area contributed by atoms with Crippen molar-refractivity contribution in [3.05, 3.63) is 29.3 Å². The largest absolute Gasteiger partial charge is 0.476 e. The fraction of sp³-hybridized carbons (Fsp3) is 0.111. The van der Waals surface area contributed by atoms with Gasteiger partial charge in [0.25, 0.3) is 5.91 Å². The summed E-state index contributed by atoms with van der Waals surface area (Å²) in [6.07, 6.45) is 0. The van der Waals surface area contributed by atoms with Gasteiger partial charge in [-0.25, -0.2) is 8.78 Å². The Morgan fingerprint density at radius 3 is 2.73 bits per heavy atom. The van der Waals surface area contributed by atoms with Crippen LogP contribution in [-0.2, 0) is 0 Å². The molecular weight excluding hydrogens is 206 g/mol. The van der Waals surface area contributed by atoms with Gasteiger partial charge in [-0.15, -0.1) is 0 Å². The number of hydrogen-bond donors (Lipinski definition) is 1. The third kappa shape index (κ3) is 2.20. The second kappa shape index (κ2) is 4.37. The molecule has 0 bridgehead atoms. The molecule has 0 saturated heterocycles. The van der Waals surface area contributed by atoms with Crippen LogP contribution in [0.1, 0.15) is 10.4 Å². The molecule has 0 fully saturated rings. The molecule has 4 nitrogen and oxygen atoms in total. The maximum atomic E-state index is 13.3. The highest BCUT2D eigenvalue weighted by Crippen LogP contribution is 2.22. The molecule has 0 radical (unpaired) electrons. The summed E-state index contributed by atoms with van der Waals surface area (Å²) in [5, 5.41) is 8.19. The molecule has 15 heavy (non-hydrogen) atoms. The van der Waals surface area contributed by atoms with Gasteiger partial charge in [-0.3, -0.25) is 4.79 Å². The molecule has 0 heterocycles. The van der Waals surface area contributed by atoms with Gasteiger partial charge >= 0.3 is 0 Å². The minimum Gasteiger partial charge on any atom is -0.476 e. The molecule has 78 valence electrons. The maximum absolute atomic E-state index is 13.3. The molecule has 2 N–H and O–H groups in total. The predicted molar refractivity (Wildman–Crippen MR) is 46.0 cm³/mol. The third-order valence-corrected chi connectivity index (χ3v) is 1.59. The van der Waals surface area contributed by atoms with Crippen LogP contribution in [0.2, 0.25) is 0 Å². The normalized spacial score (nSPS) is 9.40. The monoisotopic (exact) mass is 212 g/mol. The summed E-state index contributed by atoms with van der Waals surface area (Å²) in [4.78, 5) is 10.7. The van der Waals surface area contributed by atoms with E-state index in [0.717, 1.165) is 12.1 Å². The van der Waals surface area contributed by atoms with Crippen LogP contribution in [0.5, 0.6) is 5.75 Å². The number of amides is 1. The second-order valence-electron chi connectivity index (χ2n) is 2.55. The lowest BCUT2D eigenvalue weighted by molar-refractivity contribution is 0.0991. The van der Waals surface area contributed by atoms with Crippen molar-refractivity contribution in [2.75, 3.05) is 6.61 Å².